The van der Waals surface area contributed by atoms with Crippen LogP contribution in [0.25, 0.3) is 0 Å². The van der Waals surface area contributed by atoms with Crippen molar-refractivity contribution in [2.75, 3.05) is 33.3 Å². The van der Waals surface area contributed by atoms with Crippen LogP contribution in [0.4, 0.5) is 0 Å². The first-order chi connectivity index (χ1) is 11.2. The monoisotopic (exact) mass is 317 g/mol. The molecule has 1 saturated carbocycles. The van der Waals surface area contributed by atoms with Crippen LogP contribution in [-0.4, -0.2) is 61.1 Å². The Morgan fingerprint density at radius 2 is 2.09 bits per heavy atom. The van der Waals surface area contributed by atoms with E-state index in [0.717, 1.165) is 38.2 Å². The summed E-state index contributed by atoms with van der Waals surface area (Å²) in [6.45, 7) is 6.32. The Kier molecular flexibility index (Phi) is 5.18. The second-order valence-corrected chi connectivity index (χ2v) is 6.62. The molecule has 1 heterocycles. The molecule has 23 heavy (non-hydrogen) atoms. The Bertz CT molecular complexity index is 528. The molecule has 1 atom stereocenters. The van der Waals surface area contributed by atoms with E-state index in [-0.39, 0.29) is 5.91 Å². The van der Waals surface area contributed by atoms with E-state index in [2.05, 4.69) is 34.2 Å². The van der Waals surface area contributed by atoms with Crippen LogP contribution in [0.3, 0.4) is 0 Å². The van der Waals surface area contributed by atoms with Gasteiger partial charge in [-0.25, -0.2) is 0 Å². The predicted molar refractivity (Wildman–Crippen MR) is 90.5 cm³/mol. The summed E-state index contributed by atoms with van der Waals surface area (Å²) in [6, 6.07) is 8.88. The summed E-state index contributed by atoms with van der Waals surface area (Å²) in [4.78, 5) is 17.2. The normalized spacial score (nSPS) is 21.9. The van der Waals surface area contributed by atoms with Gasteiger partial charge < -0.3 is 15.0 Å². The van der Waals surface area contributed by atoms with Gasteiger partial charge in [0, 0.05) is 38.3 Å². The molecule has 1 aromatic rings. The summed E-state index contributed by atoms with van der Waals surface area (Å²) < 4.78 is 5.20. The standard InChI is InChI=1S/C18H27N3O2/c1-14-11-19-9-10-20(14)13-18(22)21(16-5-6-16)12-15-3-7-17(23-2)8-4-15/h3-4,7-8,14,16,19H,5-6,9-13H2,1-2H3/t14-/m0/s1. The zero-order chi connectivity index (χ0) is 16.2. The Labute approximate surface area is 138 Å². The molecule has 0 bridgehead atoms. The van der Waals surface area contributed by atoms with Crippen molar-refractivity contribution in [1.29, 1.82) is 0 Å². The van der Waals surface area contributed by atoms with Crippen LogP contribution in [0.2, 0.25) is 0 Å². The summed E-state index contributed by atoms with van der Waals surface area (Å²) in [7, 11) is 1.67. The number of benzene rings is 1. The Morgan fingerprint density at radius 3 is 2.70 bits per heavy atom. The van der Waals surface area contributed by atoms with Crippen molar-refractivity contribution >= 4 is 5.91 Å². The molecule has 0 aromatic heterocycles. The first-order valence-corrected chi connectivity index (χ1v) is 8.54. The molecule has 5 heteroatoms. The van der Waals surface area contributed by atoms with Crippen LogP contribution < -0.4 is 10.1 Å². The van der Waals surface area contributed by atoms with Crippen molar-refractivity contribution in [2.45, 2.75) is 38.4 Å². The van der Waals surface area contributed by atoms with Crippen LogP contribution in [0.1, 0.15) is 25.3 Å². The average Bonchev–Trinajstić information content (AvgIpc) is 3.40. The third-order valence-corrected chi connectivity index (χ3v) is 4.80. The largest absolute Gasteiger partial charge is 0.497 e. The number of rotatable bonds is 6. The first kappa shape index (κ1) is 16.3. The number of nitrogens with zero attached hydrogens (tertiary/aromatic N) is 2. The number of nitrogens with one attached hydrogen (secondary N) is 1. The molecule has 1 amide bonds. The van der Waals surface area contributed by atoms with E-state index in [1.165, 1.54) is 5.56 Å². The van der Waals surface area contributed by atoms with Gasteiger partial charge in [0.1, 0.15) is 5.75 Å². The number of ether oxygens (including phenoxy) is 1. The van der Waals surface area contributed by atoms with Crippen molar-refractivity contribution in [3.05, 3.63) is 29.8 Å². The lowest BCUT2D eigenvalue weighted by Gasteiger charge is -2.35. The fourth-order valence-corrected chi connectivity index (χ4v) is 3.12. The van der Waals surface area contributed by atoms with Gasteiger partial charge in [-0.1, -0.05) is 12.1 Å². The molecule has 126 valence electrons. The van der Waals surface area contributed by atoms with Crippen molar-refractivity contribution < 1.29 is 9.53 Å². The number of hydrogen-bond donors (Lipinski definition) is 1. The number of methoxy groups -OCH3 is 1. The summed E-state index contributed by atoms with van der Waals surface area (Å²) in [6.07, 6.45) is 2.28. The van der Waals surface area contributed by atoms with Crippen molar-refractivity contribution in [2.24, 2.45) is 0 Å². The molecule has 0 unspecified atom stereocenters. The average molecular weight is 317 g/mol. The smallest absolute Gasteiger partial charge is 0.237 e. The molecule has 0 radical (unpaired) electrons. The van der Waals surface area contributed by atoms with Crippen LogP contribution in [0.5, 0.6) is 5.75 Å². The maximum atomic E-state index is 12.8. The van der Waals surface area contributed by atoms with Gasteiger partial charge in [-0.3, -0.25) is 9.69 Å². The number of piperazine rings is 1. The fraction of sp³-hybridized carbons (Fsp3) is 0.611. The SMILES string of the molecule is COc1ccc(CN(C(=O)CN2CCNC[C@@H]2C)C2CC2)cc1. The van der Waals surface area contributed by atoms with Gasteiger partial charge in [0.15, 0.2) is 0 Å². The number of hydrogen-bond acceptors (Lipinski definition) is 4. The minimum absolute atomic E-state index is 0.261. The topological polar surface area (TPSA) is 44.8 Å². The van der Waals surface area contributed by atoms with E-state index in [1.54, 1.807) is 7.11 Å². The Hall–Kier alpha value is -1.59. The van der Waals surface area contributed by atoms with E-state index < -0.39 is 0 Å². The molecular formula is C18H27N3O2. The minimum Gasteiger partial charge on any atom is -0.497 e. The number of amides is 1. The summed E-state index contributed by atoms with van der Waals surface area (Å²) in [5.74, 6) is 1.12. The second kappa shape index (κ2) is 7.32. The lowest BCUT2D eigenvalue weighted by atomic mass is 10.2. The third-order valence-electron chi connectivity index (χ3n) is 4.80. The van der Waals surface area contributed by atoms with Gasteiger partial charge in [0.2, 0.25) is 5.91 Å². The maximum Gasteiger partial charge on any atom is 0.237 e. The fourth-order valence-electron chi connectivity index (χ4n) is 3.12. The molecule has 3 rings (SSSR count). The second-order valence-electron chi connectivity index (χ2n) is 6.62. The highest BCUT2D eigenvalue weighted by molar-refractivity contribution is 5.79. The molecule has 1 aromatic carbocycles. The molecular weight excluding hydrogens is 290 g/mol. The van der Waals surface area contributed by atoms with Crippen LogP contribution in [0.15, 0.2) is 24.3 Å². The maximum absolute atomic E-state index is 12.8. The summed E-state index contributed by atoms with van der Waals surface area (Å²) >= 11 is 0. The van der Waals surface area contributed by atoms with Gasteiger partial charge >= 0.3 is 0 Å². The van der Waals surface area contributed by atoms with Crippen LogP contribution in [0, 0.1) is 0 Å². The van der Waals surface area contributed by atoms with E-state index in [4.69, 9.17) is 4.74 Å². The molecule has 2 fully saturated rings. The molecule has 1 aliphatic heterocycles. The van der Waals surface area contributed by atoms with Gasteiger partial charge in [0.05, 0.1) is 13.7 Å². The van der Waals surface area contributed by atoms with Gasteiger partial charge in [0.25, 0.3) is 0 Å². The molecule has 0 spiro atoms. The molecule has 1 aliphatic carbocycles. The Balaban J connectivity index is 1.62. The Morgan fingerprint density at radius 1 is 1.35 bits per heavy atom. The predicted octanol–water partition coefficient (Wildman–Crippen LogP) is 1.48. The van der Waals surface area contributed by atoms with Gasteiger partial charge in [-0.15, -0.1) is 0 Å². The highest BCUT2D eigenvalue weighted by Crippen LogP contribution is 2.29. The van der Waals surface area contributed by atoms with Crippen molar-refractivity contribution in [1.82, 2.24) is 15.1 Å². The molecule has 2 aliphatic rings. The molecule has 1 saturated heterocycles. The molecule has 5 nitrogen and oxygen atoms in total. The zero-order valence-corrected chi connectivity index (χ0v) is 14.1. The minimum atomic E-state index is 0.261. The van der Waals surface area contributed by atoms with E-state index in [0.29, 0.717) is 25.2 Å². The van der Waals surface area contributed by atoms with Gasteiger partial charge in [-0.2, -0.15) is 0 Å². The highest BCUT2D eigenvalue weighted by Gasteiger charge is 2.33. The highest BCUT2D eigenvalue weighted by atomic mass is 16.5. The third kappa shape index (κ3) is 4.24. The van der Waals surface area contributed by atoms with E-state index in [9.17, 15) is 4.79 Å². The van der Waals surface area contributed by atoms with Crippen LogP contribution >= 0.6 is 0 Å². The van der Waals surface area contributed by atoms with Crippen LogP contribution in [-0.2, 0) is 11.3 Å². The van der Waals surface area contributed by atoms with Crippen molar-refractivity contribution in [3.8, 4) is 5.75 Å². The lowest BCUT2D eigenvalue weighted by Crippen LogP contribution is -2.53. The summed E-state index contributed by atoms with van der Waals surface area (Å²) in [5.41, 5.74) is 1.17. The quantitative estimate of drug-likeness (QED) is 0.863. The van der Waals surface area contributed by atoms with Crippen molar-refractivity contribution in [3.63, 3.8) is 0 Å². The summed E-state index contributed by atoms with van der Waals surface area (Å²) in [5, 5.41) is 3.37. The number of carbonyl (C=O) groups excluding carboxylic acids is 1. The van der Waals surface area contributed by atoms with E-state index >= 15 is 0 Å². The zero-order valence-electron chi connectivity index (χ0n) is 14.1. The lowest BCUT2D eigenvalue weighted by molar-refractivity contribution is -0.134. The molecule has 1 N–H and O–H groups in total. The van der Waals surface area contributed by atoms with E-state index in [1.807, 2.05) is 12.1 Å². The number of carbonyl (C=O) groups is 1. The van der Waals surface area contributed by atoms with Gasteiger partial charge in [-0.05, 0) is 37.5 Å². The first-order valence-electron chi connectivity index (χ1n) is 8.54.